The predicted molar refractivity (Wildman–Crippen MR) is 66.6 cm³/mol. The molecule has 1 saturated carbocycles. The zero-order valence-corrected chi connectivity index (χ0v) is 9.99. The summed E-state index contributed by atoms with van der Waals surface area (Å²) in [5.74, 6) is 1.77. The van der Waals surface area contributed by atoms with Crippen LogP contribution in [0.5, 0.6) is 5.75 Å². The molecule has 1 aromatic rings. The molecule has 1 aliphatic carbocycles. The Bertz CT molecular complexity index is 312. The highest BCUT2D eigenvalue weighted by Gasteiger charge is 2.18. The first-order valence-electron chi connectivity index (χ1n) is 6.16. The highest BCUT2D eigenvalue weighted by Crippen LogP contribution is 2.26. The first kappa shape index (κ1) is 11.5. The lowest BCUT2D eigenvalue weighted by Gasteiger charge is -2.26. The molecule has 2 rings (SSSR count). The summed E-state index contributed by atoms with van der Waals surface area (Å²) in [4.78, 5) is 0. The van der Waals surface area contributed by atoms with Crippen LogP contribution in [0.25, 0.3) is 0 Å². The first-order valence-corrected chi connectivity index (χ1v) is 6.16. The molecule has 0 spiro atoms. The summed E-state index contributed by atoms with van der Waals surface area (Å²) < 4.78 is 5.16. The van der Waals surface area contributed by atoms with Crippen LogP contribution in [0.15, 0.2) is 24.3 Å². The highest BCUT2D eigenvalue weighted by molar-refractivity contribution is 5.27. The maximum atomic E-state index is 5.91. The quantitative estimate of drug-likeness (QED) is 0.848. The van der Waals surface area contributed by atoms with Crippen molar-refractivity contribution in [1.29, 1.82) is 0 Å². The molecule has 0 radical (unpaired) electrons. The van der Waals surface area contributed by atoms with Crippen molar-refractivity contribution in [2.45, 2.75) is 38.1 Å². The molecule has 2 heteroatoms. The van der Waals surface area contributed by atoms with Gasteiger partial charge in [0.2, 0.25) is 0 Å². The molecule has 1 aliphatic rings. The zero-order chi connectivity index (χ0) is 11.4. The van der Waals surface area contributed by atoms with Crippen molar-refractivity contribution >= 4 is 0 Å². The molecule has 2 N–H and O–H groups in total. The standard InChI is InChI=1S/C14H21NO/c1-16-14-8-4-12(5-9-14)10-11-2-6-13(15)7-3-11/h4-5,8-9,11,13H,2-3,6-7,10,15H2,1H3. The largest absolute Gasteiger partial charge is 0.497 e. The van der Waals surface area contributed by atoms with E-state index in [9.17, 15) is 0 Å². The molecule has 0 heterocycles. The van der Waals surface area contributed by atoms with Crippen molar-refractivity contribution < 1.29 is 4.74 Å². The van der Waals surface area contributed by atoms with Crippen molar-refractivity contribution in [2.24, 2.45) is 11.7 Å². The van der Waals surface area contributed by atoms with E-state index in [0.29, 0.717) is 6.04 Å². The van der Waals surface area contributed by atoms with E-state index >= 15 is 0 Å². The molecule has 0 unspecified atom stereocenters. The van der Waals surface area contributed by atoms with E-state index in [-0.39, 0.29) is 0 Å². The Morgan fingerprint density at radius 2 is 1.75 bits per heavy atom. The van der Waals surface area contributed by atoms with Gasteiger partial charge < -0.3 is 10.5 Å². The molecular weight excluding hydrogens is 198 g/mol. The summed E-state index contributed by atoms with van der Waals surface area (Å²) in [5.41, 5.74) is 7.33. The molecule has 0 saturated heterocycles. The van der Waals surface area contributed by atoms with E-state index in [4.69, 9.17) is 10.5 Å². The van der Waals surface area contributed by atoms with Crippen molar-refractivity contribution in [3.63, 3.8) is 0 Å². The average Bonchev–Trinajstić information content (AvgIpc) is 2.33. The van der Waals surface area contributed by atoms with Gasteiger partial charge in [-0.2, -0.15) is 0 Å². The number of ether oxygens (including phenoxy) is 1. The van der Waals surface area contributed by atoms with E-state index in [1.165, 1.54) is 37.7 Å². The number of hydrogen-bond donors (Lipinski definition) is 1. The summed E-state index contributed by atoms with van der Waals surface area (Å²) in [5, 5.41) is 0. The summed E-state index contributed by atoms with van der Waals surface area (Å²) >= 11 is 0. The van der Waals surface area contributed by atoms with E-state index in [1.807, 2.05) is 12.1 Å². The SMILES string of the molecule is COc1ccc(CC2CCC(N)CC2)cc1. The minimum atomic E-state index is 0.451. The van der Waals surface area contributed by atoms with E-state index < -0.39 is 0 Å². The lowest BCUT2D eigenvalue weighted by molar-refractivity contribution is 0.325. The third-order valence-electron chi connectivity index (χ3n) is 3.57. The van der Waals surface area contributed by atoms with E-state index in [0.717, 1.165) is 11.7 Å². The molecule has 0 bridgehead atoms. The highest BCUT2D eigenvalue weighted by atomic mass is 16.5. The first-order chi connectivity index (χ1) is 7.78. The molecule has 88 valence electrons. The van der Waals surface area contributed by atoms with Crippen LogP contribution in [0.1, 0.15) is 31.2 Å². The molecule has 2 nitrogen and oxygen atoms in total. The molecule has 0 aromatic heterocycles. The molecule has 16 heavy (non-hydrogen) atoms. The molecule has 1 aromatic carbocycles. The number of methoxy groups -OCH3 is 1. The van der Waals surface area contributed by atoms with Crippen molar-refractivity contribution in [3.05, 3.63) is 29.8 Å². The van der Waals surface area contributed by atoms with Crippen molar-refractivity contribution in [3.8, 4) is 5.75 Å². The molecule has 0 atom stereocenters. The Labute approximate surface area is 97.8 Å². The lowest BCUT2D eigenvalue weighted by Crippen LogP contribution is -2.27. The number of hydrogen-bond acceptors (Lipinski definition) is 2. The fourth-order valence-corrected chi connectivity index (χ4v) is 2.49. The third kappa shape index (κ3) is 2.99. The second kappa shape index (κ2) is 5.35. The summed E-state index contributed by atoms with van der Waals surface area (Å²) in [6.45, 7) is 0. The topological polar surface area (TPSA) is 35.2 Å². The molecule has 0 amide bonds. The van der Waals surface area contributed by atoms with Gasteiger partial charge in [0.1, 0.15) is 5.75 Å². The van der Waals surface area contributed by atoms with Gasteiger partial charge in [-0.25, -0.2) is 0 Å². The fourth-order valence-electron chi connectivity index (χ4n) is 2.49. The van der Waals surface area contributed by atoms with Crippen LogP contribution in [0, 0.1) is 5.92 Å². The lowest BCUT2D eigenvalue weighted by atomic mass is 9.83. The van der Waals surface area contributed by atoms with Gasteiger partial charge in [0.05, 0.1) is 7.11 Å². The Morgan fingerprint density at radius 3 is 2.31 bits per heavy atom. The number of rotatable bonds is 3. The van der Waals surface area contributed by atoms with Gasteiger partial charge in [0.15, 0.2) is 0 Å². The van der Waals surface area contributed by atoms with Gasteiger partial charge in [-0.1, -0.05) is 12.1 Å². The van der Waals surface area contributed by atoms with Crippen LogP contribution < -0.4 is 10.5 Å². The van der Waals surface area contributed by atoms with Gasteiger partial charge >= 0.3 is 0 Å². The van der Waals surface area contributed by atoms with Crippen molar-refractivity contribution in [2.75, 3.05) is 7.11 Å². The zero-order valence-electron chi connectivity index (χ0n) is 9.99. The monoisotopic (exact) mass is 219 g/mol. The van der Waals surface area contributed by atoms with Crippen molar-refractivity contribution in [1.82, 2.24) is 0 Å². The smallest absolute Gasteiger partial charge is 0.118 e. The normalized spacial score (nSPS) is 25.4. The Balaban J connectivity index is 1.88. The van der Waals surface area contributed by atoms with Crippen LogP contribution in [0.3, 0.4) is 0 Å². The number of benzene rings is 1. The third-order valence-corrected chi connectivity index (χ3v) is 3.57. The fraction of sp³-hybridized carbons (Fsp3) is 0.571. The second-order valence-corrected chi connectivity index (χ2v) is 4.83. The average molecular weight is 219 g/mol. The number of nitrogens with two attached hydrogens (primary N) is 1. The summed E-state index contributed by atoms with van der Waals surface area (Å²) in [7, 11) is 1.71. The van der Waals surface area contributed by atoms with Crippen LogP contribution >= 0.6 is 0 Å². The van der Waals surface area contributed by atoms with Gasteiger partial charge in [-0.15, -0.1) is 0 Å². The van der Waals surface area contributed by atoms with Gasteiger partial charge in [-0.05, 0) is 55.7 Å². The molecule has 1 fully saturated rings. The van der Waals surface area contributed by atoms with Crippen LogP contribution in [-0.4, -0.2) is 13.2 Å². The van der Waals surface area contributed by atoms with E-state index in [2.05, 4.69) is 12.1 Å². The summed E-state index contributed by atoms with van der Waals surface area (Å²) in [6.07, 6.45) is 6.15. The maximum absolute atomic E-state index is 5.91. The molecular formula is C14H21NO. The van der Waals surface area contributed by atoms with Crippen LogP contribution in [0.4, 0.5) is 0 Å². The maximum Gasteiger partial charge on any atom is 0.118 e. The Hall–Kier alpha value is -1.02. The van der Waals surface area contributed by atoms with Crippen LogP contribution in [0.2, 0.25) is 0 Å². The second-order valence-electron chi connectivity index (χ2n) is 4.83. The van der Waals surface area contributed by atoms with Gasteiger partial charge in [0, 0.05) is 6.04 Å². The minimum Gasteiger partial charge on any atom is -0.497 e. The Kier molecular flexibility index (Phi) is 3.83. The summed E-state index contributed by atoms with van der Waals surface area (Å²) in [6, 6.07) is 8.89. The van der Waals surface area contributed by atoms with E-state index in [1.54, 1.807) is 7.11 Å². The Morgan fingerprint density at radius 1 is 1.12 bits per heavy atom. The molecule has 0 aliphatic heterocycles. The minimum absolute atomic E-state index is 0.451. The van der Waals surface area contributed by atoms with Crippen LogP contribution in [-0.2, 0) is 6.42 Å². The van der Waals surface area contributed by atoms with Gasteiger partial charge in [-0.3, -0.25) is 0 Å². The van der Waals surface area contributed by atoms with Gasteiger partial charge in [0.25, 0.3) is 0 Å². The predicted octanol–water partition coefficient (Wildman–Crippen LogP) is 2.76.